The molecule has 0 radical (unpaired) electrons. The molecule has 41 heavy (non-hydrogen) atoms. The van der Waals surface area contributed by atoms with Crippen LogP contribution in [0.5, 0.6) is 11.6 Å². The van der Waals surface area contributed by atoms with Gasteiger partial charge in [0.05, 0.1) is 17.2 Å². The Morgan fingerprint density at radius 2 is 1.93 bits per heavy atom. The second kappa shape index (κ2) is 11.0. The summed E-state index contributed by atoms with van der Waals surface area (Å²) in [6.45, 7) is 2.81. The fourth-order valence-electron chi connectivity index (χ4n) is 5.14. The smallest absolute Gasteiger partial charge is 0.407 e. The van der Waals surface area contributed by atoms with E-state index in [9.17, 15) is 19.1 Å². The van der Waals surface area contributed by atoms with E-state index in [1.165, 1.54) is 4.90 Å². The van der Waals surface area contributed by atoms with Gasteiger partial charge in [-0.3, -0.25) is 4.79 Å². The molecule has 2 aromatic heterocycles. The molecular weight excluding hydrogens is 527 g/mol. The SMILES string of the molecule is Cc1ccc2c(NC(=O)[C@@H]3C[C@@H]3F)cccc2c1Oc1ncccc1-c1ccnc(NC2CCCN(C(=O)O)C2)n1. The van der Waals surface area contributed by atoms with E-state index in [-0.39, 0.29) is 18.4 Å². The zero-order chi connectivity index (χ0) is 28.5. The number of carbonyl (C=O) groups excluding carboxylic acids is 1. The number of aryl methyl sites for hydroxylation is 1. The zero-order valence-corrected chi connectivity index (χ0v) is 22.4. The summed E-state index contributed by atoms with van der Waals surface area (Å²) in [7, 11) is 0. The quantitative estimate of drug-likeness (QED) is 0.267. The number of carboxylic acid groups (broad SMARTS) is 1. The van der Waals surface area contributed by atoms with Gasteiger partial charge in [0.15, 0.2) is 0 Å². The number of nitrogens with zero attached hydrogens (tertiary/aromatic N) is 4. The molecule has 2 aromatic carbocycles. The average molecular weight is 557 g/mol. The van der Waals surface area contributed by atoms with Crippen LogP contribution in [0.1, 0.15) is 24.8 Å². The number of amides is 2. The summed E-state index contributed by atoms with van der Waals surface area (Å²) in [5.41, 5.74) is 2.70. The third-order valence-corrected chi connectivity index (χ3v) is 7.44. The van der Waals surface area contributed by atoms with Gasteiger partial charge >= 0.3 is 6.09 Å². The largest absolute Gasteiger partial charge is 0.465 e. The number of carbonyl (C=O) groups is 2. The van der Waals surface area contributed by atoms with Crippen LogP contribution in [0, 0.1) is 12.8 Å². The highest BCUT2D eigenvalue weighted by atomic mass is 19.1. The van der Waals surface area contributed by atoms with E-state index in [1.807, 2.05) is 37.3 Å². The van der Waals surface area contributed by atoms with Gasteiger partial charge in [-0.2, -0.15) is 0 Å². The molecular formula is C30H29FN6O4. The molecule has 3 N–H and O–H groups in total. The molecule has 2 amide bonds. The highest BCUT2D eigenvalue weighted by Crippen LogP contribution is 2.40. The van der Waals surface area contributed by atoms with Crippen molar-refractivity contribution in [2.45, 2.75) is 38.4 Å². The number of rotatable bonds is 7. The lowest BCUT2D eigenvalue weighted by Crippen LogP contribution is -2.44. The van der Waals surface area contributed by atoms with Crippen molar-refractivity contribution in [3.05, 3.63) is 66.5 Å². The Kier molecular flexibility index (Phi) is 7.08. The Bertz CT molecular complexity index is 1630. The number of piperidine rings is 1. The van der Waals surface area contributed by atoms with Gasteiger partial charge in [0.25, 0.3) is 0 Å². The maximum atomic E-state index is 13.4. The number of pyridine rings is 1. The van der Waals surface area contributed by atoms with Crippen molar-refractivity contribution in [1.29, 1.82) is 0 Å². The summed E-state index contributed by atoms with van der Waals surface area (Å²) in [5, 5.41) is 17.0. The van der Waals surface area contributed by atoms with Crippen LogP contribution >= 0.6 is 0 Å². The maximum absolute atomic E-state index is 13.4. The summed E-state index contributed by atoms with van der Waals surface area (Å²) in [5.74, 6) is 0.399. The fourth-order valence-corrected chi connectivity index (χ4v) is 5.14. The molecule has 4 aromatic rings. The standard InChI is InChI=1S/C30H29FN6O4/c1-17-9-10-19-20(6-2-8-24(19)35-27(38)22-15-23(22)31)26(17)41-28-21(7-3-12-32-28)25-11-13-33-29(36-25)34-18-5-4-14-37(16-18)30(39)40/h2-3,6-13,18,22-23H,4-5,14-16H2,1H3,(H,35,38)(H,39,40)(H,33,34,36)/t18?,22-,23+/m1/s1. The van der Waals surface area contributed by atoms with E-state index >= 15 is 0 Å². The molecule has 1 saturated carbocycles. The van der Waals surface area contributed by atoms with Crippen LogP contribution in [0.2, 0.25) is 0 Å². The summed E-state index contributed by atoms with van der Waals surface area (Å²) >= 11 is 0. The van der Waals surface area contributed by atoms with Gasteiger partial charge in [-0.1, -0.05) is 24.3 Å². The minimum absolute atomic E-state index is 0.0940. The van der Waals surface area contributed by atoms with Gasteiger partial charge in [-0.25, -0.2) is 24.1 Å². The van der Waals surface area contributed by atoms with Crippen LogP contribution in [0.25, 0.3) is 22.0 Å². The van der Waals surface area contributed by atoms with Gasteiger partial charge in [-0.05, 0) is 56.0 Å². The molecule has 3 atom stereocenters. The van der Waals surface area contributed by atoms with Gasteiger partial charge in [0.2, 0.25) is 17.7 Å². The number of alkyl halides is 1. The lowest BCUT2D eigenvalue weighted by Gasteiger charge is -2.31. The van der Waals surface area contributed by atoms with Crippen LogP contribution in [0.4, 0.5) is 20.8 Å². The van der Waals surface area contributed by atoms with Crippen molar-refractivity contribution in [2.75, 3.05) is 23.7 Å². The van der Waals surface area contributed by atoms with Crippen LogP contribution in [-0.4, -0.2) is 62.3 Å². The topological polar surface area (TPSA) is 130 Å². The van der Waals surface area contributed by atoms with Crippen molar-refractivity contribution >= 4 is 34.4 Å². The second-order valence-electron chi connectivity index (χ2n) is 10.4. The number of ether oxygens (including phenoxy) is 1. The molecule has 6 rings (SSSR count). The number of fused-ring (bicyclic) bond motifs is 1. The van der Waals surface area contributed by atoms with Crippen LogP contribution in [0.3, 0.4) is 0 Å². The number of halogens is 1. The van der Waals surface area contributed by atoms with Crippen LogP contribution < -0.4 is 15.4 Å². The number of aromatic nitrogens is 3. The minimum atomic E-state index is -1.08. The van der Waals surface area contributed by atoms with Gasteiger partial charge in [0, 0.05) is 48.0 Å². The lowest BCUT2D eigenvalue weighted by atomic mass is 10.0. The van der Waals surface area contributed by atoms with Crippen molar-refractivity contribution < 1.29 is 23.8 Å². The van der Waals surface area contributed by atoms with Crippen molar-refractivity contribution in [1.82, 2.24) is 19.9 Å². The normalized spacial score (nSPS) is 20.0. The fraction of sp³-hybridized carbons (Fsp3) is 0.300. The number of nitrogens with one attached hydrogen (secondary N) is 2. The van der Waals surface area contributed by atoms with Crippen molar-refractivity contribution in [2.24, 2.45) is 5.92 Å². The molecule has 0 bridgehead atoms. The van der Waals surface area contributed by atoms with E-state index in [0.29, 0.717) is 47.6 Å². The number of anilines is 2. The van der Waals surface area contributed by atoms with E-state index in [1.54, 1.807) is 30.6 Å². The van der Waals surface area contributed by atoms with E-state index in [0.717, 1.165) is 29.2 Å². The Labute approximate surface area is 235 Å². The van der Waals surface area contributed by atoms with Crippen molar-refractivity contribution in [3.8, 4) is 22.9 Å². The summed E-state index contributed by atoms with van der Waals surface area (Å²) in [6.07, 6.45) is 3.10. The summed E-state index contributed by atoms with van der Waals surface area (Å²) in [6, 6.07) is 14.7. The summed E-state index contributed by atoms with van der Waals surface area (Å²) in [4.78, 5) is 38.8. The molecule has 1 aliphatic carbocycles. The predicted octanol–water partition coefficient (Wildman–Crippen LogP) is 5.64. The first kappa shape index (κ1) is 26.4. The van der Waals surface area contributed by atoms with Crippen molar-refractivity contribution in [3.63, 3.8) is 0 Å². The number of benzene rings is 2. The Morgan fingerprint density at radius 3 is 2.73 bits per heavy atom. The highest BCUT2D eigenvalue weighted by molar-refractivity contribution is 6.05. The Morgan fingerprint density at radius 1 is 1.07 bits per heavy atom. The third-order valence-electron chi connectivity index (χ3n) is 7.44. The first-order chi connectivity index (χ1) is 19.9. The molecule has 1 saturated heterocycles. The third kappa shape index (κ3) is 5.60. The highest BCUT2D eigenvalue weighted by Gasteiger charge is 2.43. The van der Waals surface area contributed by atoms with Crippen LogP contribution in [-0.2, 0) is 4.79 Å². The Hall–Kier alpha value is -4.80. The molecule has 3 heterocycles. The van der Waals surface area contributed by atoms with Gasteiger partial charge in [-0.15, -0.1) is 0 Å². The minimum Gasteiger partial charge on any atom is -0.465 e. The maximum Gasteiger partial charge on any atom is 0.407 e. The molecule has 2 fully saturated rings. The second-order valence-corrected chi connectivity index (χ2v) is 10.4. The number of hydrogen-bond donors (Lipinski definition) is 3. The molecule has 0 spiro atoms. The van der Waals surface area contributed by atoms with E-state index in [4.69, 9.17) is 4.74 Å². The molecule has 1 aliphatic heterocycles. The predicted molar refractivity (Wildman–Crippen MR) is 152 cm³/mol. The van der Waals surface area contributed by atoms with Gasteiger partial charge in [0.1, 0.15) is 11.9 Å². The number of likely N-dealkylation sites (tertiary alicyclic amines) is 1. The molecule has 10 nitrogen and oxygen atoms in total. The van der Waals surface area contributed by atoms with Crippen LogP contribution in [0.15, 0.2) is 60.9 Å². The lowest BCUT2D eigenvalue weighted by molar-refractivity contribution is -0.117. The molecule has 210 valence electrons. The first-order valence-corrected chi connectivity index (χ1v) is 13.6. The molecule has 2 aliphatic rings. The molecule has 1 unspecified atom stereocenters. The Balaban J connectivity index is 1.28. The first-order valence-electron chi connectivity index (χ1n) is 13.6. The number of hydrogen-bond acceptors (Lipinski definition) is 7. The average Bonchev–Trinajstić information content (AvgIpc) is 3.72. The summed E-state index contributed by atoms with van der Waals surface area (Å²) < 4.78 is 19.9. The van der Waals surface area contributed by atoms with E-state index < -0.39 is 18.2 Å². The monoisotopic (exact) mass is 556 g/mol. The zero-order valence-electron chi connectivity index (χ0n) is 22.4. The molecule has 11 heteroatoms. The van der Waals surface area contributed by atoms with E-state index in [2.05, 4.69) is 25.6 Å². The van der Waals surface area contributed by atoms with Gasteiger partial charge < -0.3 is 25.4 Å².